The van der Waals surface area contributed by atoms with Gasteiger partial charge in [-0.25, -0.2) is 13.8 Å². The van der Waals surface area contributed by atoms with Crippen molar-refractivity contribution in [2.75, 3.05) is 18.1 Å². The molecule has 2 aliphatic heterocycles. The van der Waals surface area contributed by atoms with Crippen LogP contribution >= 0.6 is 0 Å². The monoisotopic (exact) mass is 287 g/mol. The summed E-state index contributed by atoms with van der Waals surface area (Å²) in [7, 11) is -3.03. The number of hydrogen-bond donors (Lipinski definition) is 1. The number of amides is 2. The molecule has 2 amide bonds. The highest BCUT2D eigenvalue weighted by atomic mass is 32.2. The average molecular weight is 287 g/mol. The van der Waals surface area contributed by atoms with Crippen LogP contribution in [0.3, 0.4) is 0 Å². The molecule has 0 aliphatic carbocycles. The summed E-state index contributed by atoms with van der Waals surface area (Å²) in [5, 5.41) is 3.76. The fourth-order valence-corrected chi connectivity index (χ4v) is 4.11. The van der Waals surface area contributed by atoms with Crippen LogP contribution in [0.2, 0.25) is 0 Å². The van der Waals surface area contributed by atoms with E-state index in [1.807, 2.05) is 6.92 Å². The molecule has 0 bridgehead atoms. The Bertz CT molecular complexity index is 526. The number of carbonyl (C=O) groups is 2. The summed E-state index contributed by atoms with van der Waals surface area (Å²) >= 11 is 0. The molecule has 7 nitrogen and oxygen atoms in total. The quantitative estimate of drug-likeness (QED) is 0.741. The van der Waals surface area contributed by atoms with Crippen LogP contribution in [0.5, 0.6) is 0 Å². The molecular weight excluding hydrogens is 270 g/mol. The Kier molecular flexibility index (Phi) is 3.88. The molecule has 1 N–H and O–H groups in total. The molecule has 0 spiro atoms. The maximum atomic E-state index is 12.3. The van der Waals surface area contributed by atoms with E-state index in [0.717, 1.165) is 0 Å². The number of nitrogens with one attached hydrogen (secondary N) is 1. The lowest BCUT2D eigenvalue weighted by Gasteiger charge is -2.27. The van der Waals surface area contributed by atoms with Gasteiger partial charge in [-0.05, 0) is 13.3 Å². The predicted molar refractivity (Wildman–Crippen MR) is 69.3 cm³/mol. The van der Waals surface area contributed by atoms with Gasteiger partial charge in [0.1, 0.15) is 5.71 Å². The highest BCUT2D eigenvalue weighted by Gasteiger charge is 2.35. The summed E-state index contributed by atoms with van der Waals surface area (Å²) in [6, 6.07) is -0.275. The Morgan fingerprint density at radius 1 is 1.47 bits per heavy atom. The normalized spacial score (nSPS) is 25.6. The topological polar surface area (TPSA) is 95.9 Å². The fourth-order valence-electron chi connectivity index (χ4n) is 2.38. The van der Waals surface area contributed by atoms with Crippen molar-refractivity contribution in [2.24, 2.45) is 5.10 Å². The van der Waals surface area contributed by atoms with E-state index < -0.39 is 9.84 Å². The summed E-state index contributed by atoms with van der Waals surface area (Å²) in [4.78, 5) is 24.8. The first-order valence-corrected chi connectivity index (χ1v) is 8.12. The smallest absolute Gasteiger partial charge is 0.270 e. The molecule has 8 heteroatoms. The summed E-state index contributed by atoms with van der Waals surface area (Å²) in [5.74, 6) is -0.329. The lowest BCUT2D eigenvalue weighted by molar-refractivity contribution is -0.126. The van der Waals surface area contributed by atoms with Crippen LogP contribution in [0, 0.1) is 0 Å². The highest BCUT2D eigenvalue weighted by Crippen LogP contribution is 2.18. The van der Waals surface area contributed by atoms with Gasteiger partial charge in [-0.15, -0.1) is 0 Å². The first kappa shape index (κ1) is 14.0. The minimum Gasteiger partial charge on any atom is -0.334 e. The zero-order valence-corrected chi connectivity index (χ0v) is 11.6. The molecular formula is C11H17N3O4S. The molecule has 1 fully saturated rings. The second-order valence-electron chi connectivity index (χ2n) is 4.74. The molecule has 106 valence electrons. The highest BCUT2D eigenvalue weighted by molar-refractivity contribution is 7.91. The van der Waals surface area contributed by atoms with Gasteiger partial charge in [-0.1, -0.05) is 0 Å². The van der Waals surface area contributed by atoms with E-state index in [4.69, 9.17) is 0 Å². The third kappa shape index (κ3) is 3.12. The van der Waals surface area contributed by atoms with Gasteiger partial charge in [0, 0.05) is 25.4 Å². The van der Waals surface area contributed by atoms with E-state index >= 15 is 0 Å². The molecule has 1 saturated heterocycles. The van der Waals surface area contributed by atoms with Crippen LogP contribution in [0.4, 0.5) is 0 Å². The van der Waals surface area contributed by atoms with Crippen LogP contribution in [0.1, 0.15) is 26.2 Å². The van der Waals surface area contributed by atoms with E-state index in [1.54, 1.807) is 4.90 Å². The third-order valence-electron chi connectivity index (χ3n) is 3.40. The largest absolute Gasteiger partial charge is 0.334 e. The van der Waals surface area contributed by atoms with Crippen LogP contribution in [-0.4, -0.2) is 54.9 Å². The summed E-state index contributed by atoms with van der Waals surface area (Å²) in [5.41, 5.74) is 2.58. The minimum absolute atomic E-state index is 0.0201. The minimum atomic E-state index is -3.03. The maximum absolute atomic E-state index is 12.3. The lowest BCUT2D eigenvalue weighted by atomic mass is 10.1. The molecule has 0 aromatic rings. The van der Waals surface area contributed by atoms with Crippen molar-refractivity contribution in [1.82, 2.24) is 10.3 Å². The van der Waals surface area contributed by atoms with Gasteiger partial charge >= 0.3 is 0 Å². The zero-order valence-electron chi connectivity index (χ0n) is 10.8. The van der Waals surface area contributed by atoms with Crippen molar-refractivity contribution in [3.63, 3.8) is 0 Å². The number of carbonyl (C=O) groups excluding carboxylic acids is 2. The fraction of sp³-hybridized carbons (Fsp3) is 0.727. The van der Waals surface area contributed by atoms with Gasteiger partial charge in [-0.2, -0.15) is 5.10 Å². The Morgan fingerprint density at radius 2 is 2.21 bits per heavy atom. The second-order valence-corrected chi connectivity index (χ2v) is 6.97. The van der Waals surface area contributed by atoms with Crippen molar-refractivity contribution < 1.29 is 18.0 Å². The van der Waals surface area contributed by atoms with E-state index in [0.29, 0.717) is 25.1 Å². The maximum Gasteiger partial charge on any atom is 0.270 e. The zero-order chi connectivity index (χ0) is 14.0. The first-order chi connectivity index (χ1) is 8.93. The Hall–Kier alpha value is -1.44. The summed E-state index contributed by atoms with van der Waals surface area (Å²) < 4.78 is 23.0. The van der Waals surface area contributed by atoms with Crippen molar-refractivity contribution >= 4 is 27.4 Å². The van der Waals surface area contributed by atoms with E-state index in [1.165, 1.54) is 0 Å². The van der Waals surface area contributed by atoms with E-state index in [2.05, 4.69) is 10.5 Å². The molecule has 19 heavy (non-hydrogen) atoms. The van der Waals surface area contributed by atoms with Gasteiger partial charge in [0.05, 0.1) is 11.5 Å². The molecule has 0 radical (unpaired) electrons. The van der Waals surface area contributed by atoms with Crippen LogP contribution < -0.4 is 5.43 Å². The van der Waals surface area contributed by atoms with Crippen LogP contribution in [0.15, 0.2) is 5.10 Å². The molecule has 0 aromatic carbocycles. The Balaban J connectivity index is 2.10. The third-order valence-corrected chi connectivity index (χ3v) is 5.15. The van der Waals surface area contributed by atoms with Crippen molar-refractivity contribution in [3.8, 4) is 0 Å². The Labute approximate surface area is 112 Å². The Morgan fingerprint density at radius 3 is 2.68 bits per heavy atom. The number of rotatable bonds is 3. The van der Waals surface area contributed by atoms with Crippen LogP contribution in [0.25, 0.3) is 0 Å². The van der Waals surface area contributed by atoms with Gasteiger partial charge in [0.15, 0.2) is 9.84 Å². The second kappa shape index (κ2) is 5.28. The summed E-state index contributed by atoms with van der Waals surface area (Å²) in [6.07, 6.45) is 1.02. The van der Waals surface area contributed by atoms with Gasteiger partial charge in [0.25, 0.3) is 5.91 Å². The number of sulfone groups is 1. The predicted octanol–water partition coefficient (Wildman–Crippen LogP) is -0.712. The van der Waals surface area contributed by atoms with E-state index in [9.17, 15) is 18.0 Å². The molecule has 1 atom stereocenters. The lowest BCUT2D eigenvalue weighted by Crippen LogP contribution is -2.46. The number of nitrogens with zero attached hydrogens (tertiary/aromatic N) is 2. The van der Waals surface area contributed by atoms with Gasteiger partial charge < -0.3 is 4.90 Å². The average Bonchev–Trinajstić information content (AvgIpc) is 2.71. The molecule has 1 unspecified atom stereocenters. The molecule has 0 saturated carbocycles. The standard InChI is InChI=1S/C11H17N3O4S/c1-2-14(8-5-6-19(17,18)7-8)11(16)9-3-4-10(15)13-12-9/h8H,2-7H2,1H3,(H,13,15). The SMILES string of the molecule is CCN(C(=O)C1=NNC(=O)CC1)C1CCS(=O)(=O)C1. The molecule has 2 aliphatic rings. The van der Waals surface area contributed by atoms with Gasteiger partial charge in [0.2, 0.25) is 5.91 Å². The van der Waals surface area contributed by atoms with Gasteiger partial charge in [-0.3, -0.25) is 9.59 Å². The van der Waals surface area contributed by atoms with Crippen molar-refractivity contribution in [2.45, 2.75) is 32.2 Å². The number of hydrogen-bond acceptors (Lipinski definition) is 5. The van der Waals surface area contributed by atoms with Crippen LogP contribution in [-0.2, 0) is 19.4 Å². The van der Waals surface area contributed by atoms with E-state index in [-0.39, 0.29) is 35.8 Å². The molecule has 2 heterocycles. The summed E-state index contributed by atoms with van der Waals surface area (Å²) in [6.45, 7) is 2.25. The van der Waals surface area contributed by atoms with Crippen molar-refractivity contribution in [3.05, 3.63) is 0 Å². The molecule has 0 aromatic heterocycles. The van der Waals surface area contributed by atoms with Crippen molar-refractivity contribution in [1.29, 1.82) is 0 Å². The molecule has 2 rings (SSSR count). The number of hydrazone groups is 1. The first-order valence-electron chi connectivity index (χ1n) is 6.29.